The Morgan fingerprint density at radius 1 is 1.82 bits per heavy atom. The van der Waals surface area contributed by atoms with Gasteiger partial charge in [-0.1, -0.05) is 0 Å². The Kier molecular flexibility index (Phi) is 2.35. The van der Waals surface area contributed by atoms with Gasteiger partial charge in [0.25, 0.3) is 0 Å². The van der Waals surface area contributed by atoms with Crippen LogP contribution in [-0.2, 0) is 4.79 Å². The summed E-state index contributed by atoms with van der Waals surface area (Å²) < 4.78 is 0. The lowest BCUT2D eigenvalue weighted by molar-refractivity contribution is -0.125. The van der Waals surface area contributed by atoms with Crippen molar-refractivity contribution in [1.29, 1.82) is 5.26 Å². The molecule has 0 saturated carbocycles. The minimum atomic E-state index is -0.673. The molecule has 0 radical (unpaired) electrons. The monoisotopic (exact) mass is 172 g/mol. The van der Waals surface area contributed by atoms with Gasteiger partial charge in [-0.05, 0) is 13.3 Å². The van der Waals surface area contributed by atoms with E-state index in [4.69, 9.17) is 16.9 Å². The number of rotatable bonds is 0. The maximum atomic E-state index is 11.0. The van der Waals surface area contributed by atoms with Gasteiger partial charge in [0.05, 0.1) is 11.4 Å². The van der Waals surface area contributed by atoms with Crippen molar-refractivity contribution < 1.29 is 4.79 Å². The van der Waals surface area contributed by atoms with E-state index in [1.54, 1.807) is 0 Å². The van der Waals surface area contributed by atoms with Crippen LogP contribution in [0.15, 0.2) is 0 Å². The fraction of sp³-hybridized carbons (Fsp3) is 0.714. The lowest BCUT2D eigenvalue weighted by Gasteiger charge is -2.26. The summed E-state index contributed by atoms with van der Waals surface area (Å²) in [7, 11) is 0. The molecular formula is C7H9ClN2O. The predicted octanol–water partition coefficient (Wildman–Crippen LogP) is 0.642. The van der Waals surface area contributed by atoms with Crippen LogP contribution in [0.3, 0.4) is 0 Å². The van der Waals surface area contributed by atoms with Crippen molar-refractivity contribution in [2.45, 2.75) is 24.8 Å². The molecule has 60 valence electrons. The number of alkyl halides is 1. The second-order valence-electron chi connectivity index (χ2n) is 2.77. The van der Waals surface area contributed by atoms with Crippen LogP contribution >= 0.6 is 11.6 Å². The molecule has 0 bridgehead atoms. The number of carbonyl (C=O) groups is 1. The van der Waals surface area contributed by atoms with Crippen LogP contribution in [0.25, 0.3) is 0 Å². The number of nitrogens with one attached hydrogen (secondary N) is 1. The molecule has 0 aromatic rings. The number of hydrogen-bond acceptors (Lipinski definition) is 2. The molecule has 3 atom stereocenters. The lowest BCUT2D eigenvalue weighted by atomic mass is 9.95. The van der Waals surface area contributed by atoms with Crippen LogP contribution in [0.1, 0.15) is 13.3 Å². The first-order chi connectivity index (χ1) is 5.15. The highest BCUT2D eigenvalue weighted by atomic mass is 35.5. The Balaban J connectivity index is 2.69. The highest BCUT2D eigenvalue weighted by molar-refractivity contribution is 6.22. The van der Waals surface area contributed by atoms with Crippen LogP contribution in [0.2, 0.25) is 0 Å². The molecule has 0 aromatic carbocycles. The Labute approximate surface area is 70.3 Å². The van der Waals surface area contributed by atoms with Gasteiger partial charge in [-0.3, -0.25) is 4.79 Å². The van der Waals surface area contributed by atoms with Crippen molar-refractivity contribution in [2.24, 2.45) is 5.92 Å². The van der Waals surface area contributed by atoms with Gasteiger partial charge in [0, 0.05) is 6.04 Å². The second kappa shape index (κ2) is 3.10. The van der Waals surface area contributed by atoms with Crippen LogP contribution < -0.4 is 5.32 Å². The molecule has 0 aliphatic carbocycles. The summed E-state index contributed by atoms with van der Waals surface area (Å²) in [6, 6.07) is 1.97. The summed E-state index contributed by atoms with van der Waals surface area (Å²) in [5, 5.41) is 10.9. The molecule has 1 aliphatic rings. The molecular weight excluding hydrogens is 164 g/mol. The largest absolute Gasteiger partial charge is 0.352 e. The van der Waals surface area contributed by atoms with Crippen molar-refractivity contribution >= 4 is 17.5 Å². The van der Waals surface area contributed by atoms with Crippen LogP contribution in [0.4, 0.5) is 0 Å². The zero-order chi connectivity index (χ0) is 8.43. The quantitative estimate of drug-likeness (QED) is 0.546. The molecule has 3 nitrogen and oxygen atoms in total. The Morgan fingerprint density at radius 2 is 2.45 bits per heavy atom. The number of amides is 1. The summed E-state index contributed by atoms with van der Waals surface area (Å²) >= 11 is 5.79. The number of halogens is 1. The van der Waals surface area contributed by atoms with Gasteiger partial charge in [-0.25, -0.2) is 0 Å². The normalized spacial score (nSPS) is 37.5. The summed E-state index contributed by atoms with van der Waals surface area (Å²) in [5.41, 5.74) is 0. The number of nitrogens with zero attached hydrogens (tertiary/aromatic N) is 1. The molecule has 1 fully saturated rings. The van der Waals surface area contributed by atoms with E-state index >= 15 is 0 Å². The third kappa shape index (κ3) is 1.63. The minimum absolute atomic E-state index is 0.0922. The minimum Gasteiger partial charge on any atom is -0.352 e. The molecule has 1 saturated heterocycles. The molecule has 1 rings (SSSR count). The zero-order valence-electron chi connectivity index (χ0n) is 6.17. The van der Waals surface area contributed by atoms with Crippen molar-refractivity contribution in [3.63, 3.8) is 0 Å². The molecule has 0 aromatic heterocycles. The highest BCUT2D eigenvalue weighted by Gasteiger charge is 2.33. The molecule has 1 aliphatic heterocycles. The summed E-state index contributed by atoms with van der Waals surface area (Å²) in [4.78, 5) is 11.0. The van der Waals surface area contributed by atoms with Crippen molar-refractivity contribution in [3.05, 3.63) is 0 Å². The molecule has 11 heavy (non-hydrogen) atoms. The van der Waals surface area contributed by atoms with Crippen molar-refractivity contribution in [1.82, 2.24) is 5.32 Å². The van der Waals surface area contributed by atoms with E-state index < -0.39 is 5.92 Å². The van der Waals surface area contributed by atoms with Crippen LogP contribution in [0, 0.1) is 17.2 Å². The number of hydrogen-bond donors (Lipinski definition) is 1. The number of nitriles is 1. The lowest BCUT2D eigenvalue weighted by Crippen LogP contribution is -2.47. The van der Waals surface area contributed by atoms with Crippen LogP contribution in [-0.4, -0.2) is 17.3 Å². The highest BCUT2D eigenvalue weighted by Crippen LogP contribution is 2.20. The van der Waals surface area contributed by atoms with Gasteiger partial charge < -0.3 is 5.32 Å². The Hall–Kier alpha value is -0.750. The maximum Gasteiger partial charge on any atom is 0.239 e. The second-order valence-corrected chi connectivity index (χ2v) is 3.33. The fourth-order valence-electron chi connectivity index (χ4n) is 1.17. The molecule has 0 spiro atoms. The number of piperidine rings is 1. The van der Waals surface area contributed by atoms with E-state index in [1.165, 1.54) is 0 Å². The molecule has 1 heterocycles. The number of carbonyl (C=O) groups excluding carboxylic acids is 1. The van der Waals surface area contributed by atoms with E-state index in [1.807, 2.05) is 13.0 Å². The Morgan fingerprint density at radius 3 is 2.91 bits per heavy atom. The smallest absolute Gasteiger partial charge is 0.239 e. The van der Waals surface area contributed by atoms with E-state index in [9.17, 15) is 4.79 Å². The average molecular weight is 173 g/mol. The average Bonchev–Trinajstić information content (AvgIpc) is 1.85. The van der Waals surface area contributed by atoms with Gasteiger partial charge in [0.15, 0.2) is 0 Å². The topological polar surface area (TPSA) is 52.9 Å². The molecule has 4 heteroatoms. The maximum absolute atomic E-state index is 11.0. The van der Waals surface area contributed by atoms with E-state index in [-0.39, 0.29) is 17.3 Å². The third-order valence-electron chi connectivity index (χ3n) is 1.75. The summed E-state index contributed by atoms with van der Waals surface area (Å²) in [5.74, 6) is -0.917. The van der Waals surface area contributed by atoms with Gasteiger partial charge >= 0.3 is 0 Å². The van der Waals surface area contributed by atoms with E-state index in [0.717, 1.165) is 0 Å². The van der Waals surface area contributed by atoms with E-state index in [0.29, 0.717) is 6.42 Å². The Bertz CT molecular complexity index is 211. The van der Waals surface area contributed by atoms with Crippen LogP contribution in [0.5, 0.6) is 0 Å². The molecule has 3 unspecified atom stereocenters. The van der Waals surface area contributed by atoms with Gasteiger partial charge in [-0.15, -0.1) is 11.6 Å². The van der Waals surface area contributed by atoms with E-state index in [2.05, 4.69) is 5.32 Å². The van der Waals surface area contributed by atoms with Crippen molar-refractivity contribution in [2.75, 3.05) is 0 Å². The predicted molar refractivity (Wildman–Crippen MR) is 41.0 cm³/mol. The fourth-order valence-corrected chi connectivity index (χ4v) is 1.61. The first kappa shape index (κ1) is 8.35. The summed E-state index contributed by atoms with van der Waals surface area (Å²) in [6.45, 7) is 1.88. The summed E-state index contributed by atoms with van der Waals surface area (Å²) in [6.07, 6.45) is 0.672. The molecule has 1 amide bonds. The van der Waals surface area contributed by atoms with Gasteiger partial charge in [-0.2, -0.15) is 5.26 Å². The van der Waals surface area contributed by atoms with Gasteiger partial charge in [0.1, 0.15) is 5.92 Å². The zero-order valence-corrected chi connectivity index (χ0v) is 6.93. The first-order valence-electron chi connectivity index (χ1n) is 3.49. The third-order valence-corrected chi connectivity index (χ3v) is 2.18. The van der Waals surface area contributed by atoms with Crippen molar-refractivity contribution in [3.8, 4) is 6.07 Å². The first-order valence-corrected chi connectivity index (χ1v) is 3.93. The molecule has 1 N–H and O–H groups in total. The van der Waals surface area contributed by atoms with Gasteiger partial charge in [0.2, 0.25) is 5.91 Å². The SMILES string of the molecule is CC1CC(Cl)C(C#N)C(=O)N1. The standard InChI is InChI=1S/C7H9ClN2O/c1-4-2-6(8)5(3-9)7(11)10-4/h4-6H,2H2,1H3,(H,10,11).